The van der Waals surface area contributed by atoms with E-state index < -0.39 is 0 Å². The molecule has 3 aromatic carbocycles. The highest BCUT2D eigenvalue weighted by Crippen LogP contribution is 2.35. The Kier molecular flexibility index (Phi) is 5.71. The van der Waals surface area contributed by atoms with Crippen molar-refractivity contribution in [2.24, 2.45) is 0 Å². The molecule has 7 heteroatoms. The number of fused-ring (bicyclic) bond motifs is 1. The number of para-hydroxylation sites is 1. The zero-order chi connectivity index (χ0) is 24.3. The average Bonchev–Trinajstić information content (AvgIpc) is 3.55. The molecule has 0 aliphatic carbocycles. The number of halogens is 1. The summed E-state index contributed by atoms with van der Waals surface area (Å²) in [7, 11) is 0. The van der Waals surface area contributed by atoms with E-state index in [1.54, 1.807) is 18.3 Å². The SMILES string of the molecule is Fc1ccc(-c2nc(-c3cc4ccccc4o3)c(-c3ccnc(NCCc4ccccc4)n3)[nH]2)cc1. The van der Waals surface area contributed by atoms with Crippen molar-refractivity contribution >= 4 is 16.9 Å². The van der Waals surface area contributed by atoms with Gasteiger partial charge < -0.3 is 14.7 Å². The van der Waals surface area contributed by atoms with Crippen LogP contribution in [0.3, 0.4) is 0 Å². The molecular weight excluding hydrogens is 453 g/mol. The van der Waals surface area contributed by atoms with Crippen molar-refractivity contribution in [3.05, 3.63) is 109 Å². The van der Waals surface area contributed by atoms with Crippen LogP contribution in [-0.4, -0.2) is 26.5 Å². The molecular formula is C29H22FN5O. The summed E-state index contributed by atoms with van der Waals surface area (Å²) in [6, 6.07) is 28.1. The second-order valence-corrected chi connectivity index (χ2v) is 8.39. The van der Waals surface area contributed by atoms with Crippen molar-refractivity contribution < 1.29 is 8.81 Å². The molecule has 6 nitrogen and oxygen atoms in total. The molecule has 0 radical (unpaired) electrons. The highest BCUT2D eigenvalue weighted by Gasteiger charge is 2.20. The predicted molar refractivity (Wildman–Crippen MR) is 139 cm³/mol. The van der Waals surface area contributed by atoms with Crippen LogP contribution in [0.1, 0.15) is 5.56 Å². The van der Waals surface area contributed by atoms with Gasteiger partial charge in [-0.3, -0.25) is 0 Å². The summed E-state index contributed by atoms with van der Waals surface area (Å²) in [5.41, 5.74) is 4.77. The zero-order valence-electron chi connectivity index (χ0n) is 19.3. The number of aromatic nitrogens is 4. The van der Waals surface area contributed by atoms with Gasteiger partial charge in [-0.05, 0) is 54.4 Å². The van der Waals surface area contributed by atoms with Gasteiger partial charge >= 0.3 is 0 Å². The molecule has 3 heterocycles. The number of rotatable bonds is 7. The van der Waals surface area contributed by atoms with Crippen LogP contribution < -0.4 is 5.32 Å². The van der Waals surface area contributed by atoms with Crippen molar-refractivity contribution in [3.63, 3.8) is 0 Å². The van der Waals surface area contributed by atoms with E-state index in [-0.39, 0.29) is 5.82 Å². The van der Waals surface area contributed by atoms with Crippen LogP contribution in [0.5, 0.6) is 0 Å². The highest BCUT2D eigenvalue weighted by molar-refractivity contribution is 5.86. The first-order valence-corrected chi connectivity index (χ1v) is 11.7. The van der Waals surface area contributed by atoms with Crippen LogP contribution >= 0.6 is 0 Å². The van der Waals surface area contributed by atoms with Crippen LogP contribution in [0, 0.1) is 5.82 Å². The third-order valence-corrected chi connectivity index (χ3v) is 5.93. The Morgan fingerprint density at radius 3 is 2.50 bits per heavy atom. The van der Waals surface area contributed by atoms with Crippen LogP contribution in [0.25, 0.3) is 45.2 Å². The molecule has 0 amide bonds. The number of H-pyrrole nitrogens is 1. The normalized spacial score (nSPS) is 11.1. The summed E-state index contributed by atoms with van der Waals surface area (Å²) in [5, 5.41) is 4.29. The predicted octanol–water partition coefficient (Wildman–Crippen LogP) is 6.74. The van der Waals surface area contributed by atoms with Gasteiger partial charge in [0.1, 0.15) is 22.9 Å². The number of aromatic amines is 1. The summed E-state index contributed by atoms with van der Waals surface area (Å²) < 4.78 is 19.6. The maximum atomic E-state index is 13.5. The second-order valence-electron chi connectivity index (χ2n) is 8.39. The fourth-order valence-corrected chi connectivity index (χ4v) is 4.13. The van der Waals surface area contributed by atoms with E-state index in [2.05, 4.69) is 27.4 Å². The van der Waals surface area contributed by atoms with Gasteiger partial charge in [0.15, 0.2) is 5.76 Å². The Morgan fingerprint density at radius 1 is 0.861 bits per heavy atom. The maximum absolute atomic E-state index is 13.5. The van der Waals surface area contributed by atoms with Crippen molar-refractivity contribution in [1.82, 2.24) is 19.9 Å². The summed E-state index contributed by atoms with van der Waals surface area (Å²) in [6.07, 6.45) is 2.57. The standard InChI is InChI=1S/C29H22FN5O/c30-22-12-10-20(11-13-22)28-34-26(27(35-28)25-18-21-8-4-5-9-24(21)36-25)23-15-17-32-29(33-23)31-16-14-19-6-2-1-3-7-19/h1-13,15,17-18H,14,16H2,(H,34,35)(H,31,32,33). The monoisotopic (exact) mass is 475 g/mol. The number of imidazole rings is 1. The van der Waals surface area contributed by atoms with Crippen LogP contribution in [0.15, 0.2) is 102 Å². The summed E-state index contributed by atoms with van der Waals surface area (Å²) >= 11 is 0. The smallest absolute Gasteiger partial charge is 0.223 e. The molecule has 0 aliphatic heterocycles. The van der Waals surface area contributed by atoms with Crippen LogP contribution in [0.2, 0.25) is 0 Å². The van der Waals surface area contributed by atoms with Gasteiger partial charge in [0.05, 0.1) is 11.4 Å². The van der Waals surface area contributed by atoms with Gasteiger partial charge in [0, 0.05) is 23.7 Å². The van der Waals surface area contributed by atoms with Crippen LogP contribution in [-0.2, 0) is 6.42 Å². The van der Waals surface area contributed by atoms with E-state index in [0.29, 0.717) is 41.2 Å². The van der Waals surface area contributed by atoms with Gasteiger partial charge in [-0.1, -0.05) is 48.5 Å². The van der Waals surface area contributed by atoms with Gasteiger partial charge in [-0.15, -0.1) is 0 Å². The molecule has 0 atom stereocenters. The molecule has 3 aromatic heterocycles. The first kappa shape index (κ1) is 21.7. The number of benzene rings is 3. The Bertz CT molecular complexity index is 1590. The number of nitrogens with zero attached hydrogens (tertiary/aromatic N) is 3. The van der Waals surface area contributed by atoms with E-state index in [0.717, 1.165) is 23.0 Å². The minimum absolute atomic E-state index is 0.301. The molecule has 0 aliphatic rings. The lowest BCUT2D eigenvalue weighted by Gasteiger charge is -2.07. The summed E-state index contributed by atoms with van der Waals surface area (Å²) in [5.74, 6) is 1.44. The van der Waals surface area contributed by atoms with Gasteiger partial charge in [0.25, 0.3) is 0 Å². The molecule has 0 saturated carbocycles. The molecule has 36 heavy (non-hydrogen) atoms. The molecule has 0 saturated heterocycles. The molecule has 2 N–H and O–H groups in total. The van der Waals surface area contributed by atoms with E-state index in [1.807, 2.05) is 54.6 Å². The fourth-order valence-electron chi connectivity index (χ4n) is 4.13. The minimum atomic E-state index is -0.301. The number of anilines is 1. The number of hydrogen-bond donors (Lipinski definition) is 2. The lowest BCUT2D eigenvalue weighted by molar-refractivity contribution is 0.627. The van der Waals surface area contributed by atoms with E-state index in [4.69, 9.17) is 14.4 Å². The maximum Gasteiger partial charge on any atom is 0.223 e. The van der Waals surface area contributed by atoms with Gasteiger partial charge in [-0.25, -0.2) is 19.3 Å². The third kappa shape index (κ3) is 4.46. The summed E-state index contributed by atoms with van der Waals surface area (Å²) in [4.78, 5) is 17.3. The molecule has 176 valence electrons. The second kappa shape index (κ2) is 9.46. The Morgan fingerprint density at radius 2 is 1.67 bits per heavy atom. The molecule has 0 spiro atoms. The Balaban J connectivity index is 1.36. The number of hydrogen-bond acceptors (Lipinski definition) is 5. The van der Waals surface area contributed by atoms with Gasteiger partial charge in [-0.2, -0.15) is 0 Å². The molecule has 6 rings (SSSR count). The lowest BCUT2D eigenvalue weighted by atomic mass is 10.1. The first-order chi connectivity index (χ1) is 17.7. The van der Waals surface area contributed by atoms with Crippen molar-refractivity contribution in [2.45, 2.75) is 6.42 Å². The topological polar surface area (TPSA) is 79.6 Å². The lowest BCUT2D eigenvalue weighted by Crippen LogP contribution is -2.08. The van der Waals surface area contributed by atoms with E-state index >= 15 is 0 Å². The Hall–Kier alpha value is -4.78. The van der Waals surface area contributed by atoms with Crippen LogP contribution in [0.4, 0.5) is 10.3 Å². The van der Waals surface area contributed by atoms with Crippen molar-refractivity contribution in [1.29, 1.82) is 0 Å². The zero-order valence-corrected chi connectivity index (χ0v) is 19.3. The molecule has 0 bridgehead atoms. The highest BCUT2D eigenvalue weighted by atomic mass is 19.1. The van der Waals surface area contributed by atoms with E-state index in [1.165, 1.54) is 17.7 Å². The molecule has 6 aromatic rings. The molecule has 0 fully saturated rings. The fraction of sp³-hybridized carbons (Fsp3) is 0.0690. The largest absolute Gasteiger partial charge is 0.454 e. The number of nitrogens with one attached hydrogen (secondary N) is 2. The van der Waals surface area contributed by atoms with E-state index in [9.17, 15) is 4.39 Å². The van der Waals surface area contributed by atoms with Crippen molar-refractivity contribution in [2.75, 3.05) is 11.9 Å². The first-order valence-electron chi connectivity index (χ1n) is 11.7. The number of furan rings is 1. The molecule has 0 unspecified atom stereocenters. The average molecular weight is 476 g/mol. The van der Waals surface area contributed by atoms with Crippen molar-refractivity contribution in [3.8, 4) is 34.2 Å². The Labute approximate surface area is 206 Å². The summed E-state index contributed by atoms with van der Waals surface area (Å²) in [6.45, 7) is 0.702. The quantitative estimate of drug-likeness (QED) is 0.267. The third-order valence-electron chi connectivity index (χ3n) is 5.93. The minimum Gasteiger partial charge on any atom is -0.454 e. The van der Waals surface area contributed by atoms with Gasteiger partial charge in [0.2, 0.25) is 5.95 Å².